The number of nitrogens with zero attached hydrogens (tertiary/aromatic N) is 1. The van der Waals surface area contributed by atoms with Crippen molar-refractivity contribution in [2.24, 2.45) is 5.73 Å². The lowest BCUT2D eigenvalue weighted by Crippen LogP contribution is -2.43. The van der Waals surface area contributed by atoms with Crippen molar-refractivity contribution >= 4 is 5.69 Å². The number of aromatic hydroxyl groups is 1. The van der Waals surface area contributed by atoms with Gasteiger partial charge in [-0.05, 0) is 25.8 Å². The van der Waals surface area contributed by atoms with Gasteiger partial charge in [-0.3, -0.25) is 0 Å². The van der Waals surface area contributed by atoms with Gasteiger partial charge in [0.15, 0.2) is 0 Å². The number of anilines is 1. The zero-order valence-electron chi connectivity index (χ0n) is 11.7. The molecule has 1 aliphatic rings. The van der Waals surface area contributed by atoms with Gasteiger partial charge in [0.05, 0.1) is 12.1 Å². The molecule has 3 unspecified atom stereocenters. The number of phenols is 1. The van der Waals surface area contributed by atoms with Gasteiger partial charge < -0.3 is 20.8 Å². The van der Waals surface area contributed by atoms with Crippen LogP contribution >= 0.6 is 0 Å². The highest BCUT2D eigenvalue weighted by Crippen LogP contribution is 2.31. The molecule has 4 heteroatoms. The number of phenolic OH excluding ortho intramolecular Hbond substituents is 1. The molecule has 0 spiro atoms. The highest BCUT2D eigenvalue weighted by molar-refractivity contribution is 5.54. The smallest absolute Gasteiger partial charge is 0.122 e. The molecule has 1 aromatic carbocycles. The minimum atomic E-state index is -0.283. The molecular formula is C15H24N2O2. The van der Waals surface area contributed by atoms with Gasteiger partial charge in [0.2, 0.25) is 0 Å². The van der Waals surface area contributed by atoms with Crippen LogP contribution in [0.3, 0.4) is 0 Å². The van der Waals surface area contributed by atoms with Gasteiger partial charge in [-0.2, -0.15) is 0 Å². The maximum absolute atomic E-state index is 10.1. The molecule has 0 bridgehead atoms. The highest BCUT2D eigenvalue weighted by Gasteiger charge is 2.27. The van der Waals surface area contributed by atoms with Crippen molar-refractivity contribution in [1.82, 2.24) is 0 Å². The van der Waals surface area contributed by atoms with Crippen LogP contribution in [0.5, 0.6) is 5.75 Å². The average molecular weight is 264 g/mol. The van der Waals surface area contributed by atoms with Gasteiger partial charge in [-0.15, -0.1) is 0 Å². The van der Waals surface area contributed by atoms with Crippen LogP contribution in [0.1, 0.15) is 44.2 Å². The van der Waals surface area contributed by atoms with E-state index in [0.717, 1.165) is 36.9 Å². The number of aliphatic hydroxyl groups excluding tert-OH is 1. The molecule has 1 aliphatic carbocycles. The van der Waals surface area contributed by atoms with Crippen molar-refractivity contribution in [1.29, 1.82) is 0 Å². The van der Waals surface area contributed by atoms with Crippen LogP contribution in [0.2, 0.25) is 0 Å². The molecule has 0 heterocycles. The number of hydrogen-bond acceptors (Lipinski definition) is 4. The second-order valence-electron chi connectivity index (χ2n) is 5.56. The van der Waals surface area contributed by atoms with E-state index in [0.29, 0.717) is 0 Å². The minimum absolute atomic E-state index is 0.134. The summed E-state index contributed by atoms with van der Waals surface area (Å²) in [6.45, 7) is 1.85. The molecule has 1 fully saturated rings. The molecule has 19 heavy (non-hydrogen) atoms. The molecule has 0 aliphatic heterocycles. The Morgan fingerprint density at radius 1 is 1.32 bits per heavy atom. The van der Waals surface area contributed by atoms with Gasteiger partial charge in [-0.25, -0.2) is 0 Å². The first-order chi connectivity index (χ1) is 9.00. The van der Waals surface area contributed by atoms with Gasteiger partial charge in [0, 0.05) is 30.4 Å². The molecular weight excluding hydrogens is 240 g/mol. The molecule has 0 saturated heterocycles. The second-order valence-corrected chi connectivity index (χ2v) is 5.56. The van der Waals surface area contributed by atoms with Crippen LogP contribution in [0.25, 0.3) is 0 Å². The monoisotopic (exact) mass is 264 g/mol. The SMILES string of the molecule is CC(N)c1ccc(N(C)C2CCCCC2O)cc1O. The Bertz CT molecular complexity index is 434. The molecule has 3 atom stereocenters. The zero-order chi connectivity index (χ0) is 14.0. The third-order valence-electron chi connectivity index (χ3n) is 4.10. The summed E-state index contributed by atoms with van der Waals surface area (Å²) >= 11 is 0. The quantitative estimate of drug-likeness (QED) is 0.782. The Labute approximate surface area is 114 Å². The van der Waals surface area contributed by atoms with E-state index in [9.17, 15) is 10.2 Å². The van der Waals surface area contributed by atoms with Crippen molar-refractivity contribution < 1.29 is 10.2 Å². The lowest BCUT2D eigenvalue weighted by atomic mass is 9.91. The summed E-state index contributed by atoms with van der Waals surface area (Å²) < 4.78 is 0. The van der Waals surface area contributed by atoms with Crippen molar-refractivity contribution in [3.05, 3.63) is 23.8 Å². The van der Waals surface area contributed by atoms with Gasteiger partial charge in [0.1, 0.15) is 5.75 Å². The Morgan fingerprint density at radius 2 is 2.00 bits per heavy atom. The van der Waals surface area contributed by atoms with E-state index in [1.807, 2.05) is 26.1 Å². The first kappa shape index (κ1) is 14.2. The van der Waals surface area contributed by atoms with Gasteiger partial charge >= 0.3 is 0 Å². The zero-order valence-corrected chi connectivity index (χ0v) is 11.7. The Hall–Kier alpha value is -1.26. The van der Waals surface area contributed by atoms with E-state index in [2.05, 4.69) is 4.90 Å². The number of benzene rings is 1. The molecule has 2 rings (SSSR count). The lowest BCUT2D eigenvalue weighted by molar-refractivity contribution is 0.106. The molecule has 0 amide bonds. The van der Waals surface area contributed by atoms with Crippen molar-refractivity contribution in [2.75, 3.05) is 11.9 Å². The van der Waals surface area contributed by atoms with E-state index in [-0.39, 0.29) is 23.9 Å². The lowest BCUT2D eigenvalue weighted by Gasteiger charge is -2.36. The maximum Gasteiger partial charge on any atom is 0.122 e. The number of likely N-dealkylation sites (N-methyl/N-ethyl adjacent to an activating group) is 1. The summed E-state index contributed by atoms with van der Waals surface area (Å²) in [5.41, 5.74) is 7.47. The van der Waals surface area contributed by atoms with Gasteiger partial charge in [0.25, 0.3) is 0 Å². The maximum atomic E-state index is 10.1. The first-order valence-corrected chi connectivity index (χ1v) is 7.00. The molecule has 0 aromatic heterocycles. The van der Waals surface area contributed by atoms with Crippen molar-refractivity contribution in [2.45, 2.75) is 50.8 Å². The van der Waals surface area contributed by atoms with Crippen molar-refractivity contribution in [3.63, 3.8) is 0 Å². The van der Waals surface area contributed by atoms with Crippen LogP contribution in [0, 0.1) is 0 Å². The predicted octanol–water partition coefficient (Wildman–Crippen LogP) is 2.15. The Morgan fingerprint density at radius 3 is 2.58 bits per heavy atom. The Balaban J connectivity index is 2.19. The van der Waals surface area contributed by atoms with E-state index < -0.39 is 0 Å². The van der Waals surface area contributed by atoms with E-state index in [1.165, 1.54) is 0 Å². The number of nitrogens with two attached hydrogens (primary N) is 1. The molecule has 4 nitrogen and oxygen atoms in total. The fraction of sp³-hybridized carbons (Fsp3) is 0.600. The van der Waals surface area contributed by atoms with E-state index in [4.69, 9.17) is 5.73 Å². The number of hydrogen-bond donors (Lipinski definition) is 3. The number of aliphatic hydroxyl groups is 1. The fourth-order valence-electron chi connectivity index (χ4n) is 2.87. The van der Waals surface area contributed by atoms with Crippen LogP contribution < -0.4 is 10.6 Å². The molecule has 0 radical (unpaired) electrons. The van der Waals surface area contributed by atoms with Crippen molar-refractivity contribution in [3.8, 4) is 5.75 Å². The predicted molar refractivity (Wildman–Crippen MR) is 77.4 cm³/mol. The largest absolute Gasteiger partial charge is 0.508 e. The number of rotatable bonds is 3. The van der Waals surface area contributed by atoms with E-state index in [1.54, 1.807) is 6.07 Å². The van der Waals surface area contributed by atoms with E-state index >= 15 is 0 Å². The minimum Gasteiger partial charge on any atom is -0.508 e. The first-order valence-electron chi connectivity index (χ1n) is 7.00. The topological polar surface area (TPSA) is 69.7 Å². The van der Waals surface area contributed by atoms with Crippen LogP contribution in [-0.2, 0) is 0 Å². The van der Waals surface area contributed by atoms with Crippen LogP contribution in [-0.4, -0.2) is 29.4 Å². The highest BCUT2D eigenvalue weighted by atomic mass is 16.3. The van der Waals surface area contributed by atoms with Gasteiger partial charge in [-0.1, -0.05) is 18.9 Å². The third-order valence-corrected chi connectivity index (χ3v) is 4.10. The summed E-state index contributed by atoms with van der Waals surface area (Å²) in [7, 11) is 1.97. The Kier molecular flexibility index (Phi) is 4.32. The summed E-state index contributed by atoms with van der Waals surface area (Å²) in [6.07, 6.45) is 3.82. The summed E-state index contributed by atoms with van der Waals surface area (Å²) in [5.74, 6) is 0.227. The summed E-state index contributed by atoms with van der Waals surface area (Å²) in [4.78, 5) is 2.06. The third kappa shape index (κ3) is 3.01. The summed E-state index contributed by atoms with van der Waals surface area (Å²) in [6, 6.07) is 5.51. The van der Waals surface area contributed by atoms with Crippen LogP contribution in [0.4, 0.5) is 5.69 Å². The molecule has 1 saturated carbocycles. The van der Waals surface area contributed by atoms with Crippen LogP contribution in [0.15, 0.2) is 18.2 Å². The molecule has 4 N–H and O–H groups in total. The fourth-order valence-corrected chi connectivity index (χ4v) is 2.87. The average Bonchev–Trinajstić information content (AvgIpc) is 2.38. The summed E-state index contributed by atoms with van der Waals surface area (Å²) in [5, 5.41) is 20.1. The molecule has 106 valence electrons. The standard InChI is InChI=1S/C15H24N2O2/c1-10(16)12-8-7-11(9-15(12)19)17(2)13-5-3-4-6-14(13)18/h7-10,13-14,18-19H,3-6,16H2,1-2H3. The normalized spacial score (nSPS) is 25.1. The second kappa shape index (κ2) is 5.80. The molecule has 1 aromatic rings.